The Morgan fingerprint density at radius 2 is 1.89 bits per heavy atom. The topological polar surface area (TPSA) is 17.1 Å². The van der Waals surface area contributed by atoms with Crippen LogP contribution in [0, 0.1) is 5.92 Å². The fourth-order valence-electron chi connectivity index (χ4n) is 2.51. The lowest BCUT2D eigenvalue weighted by atomic mass is 9.94. The highest BCUT2D eigenvalue weighted by atomic mass is 32.2. The summed E-state index contributed by atoms with van der Waals surface area (Å²) < 4.78 is 0. The second-order valence-corrected chi connectivity index (χ2v) is 6.36. The molecule has 1 aromatic carbocycles. The minimum absolute atomic E-state index is 0.475. The molecule has 2 rings (SSSR count). The first kappa shape index (κ1) is 13.7. The molecule has 1 aliphatic rings. The molecule has 0 amide bonds. The normalized spacial score (nSPS) is 16.7. The van der Waals surface area contributed by atoms with Crippen LogP contribution in [0.15, 0.2) is 30.3 Å². The fraction of sp³-hybridized carbons (Fsp3) is 0.562. The molecule has 0 radical (unpaired) electrons. The molecule has 1 fully saturated rings. The third-order valence-corrected chi connectivity index (χ3v) is 4.67. The van der Waals surface area contributed by atoms with Gasteiger partial charge in [-0.15, -0.1) is 0 Å². The minimum atomic E-state index is 0.475. The lowest BCUT2D eigenvalue weighted by Gasteiger charge is -2.20. The van der Waals surface area contributed by atoms with Crippen LogP contribution in [0.3, 0.4) is 0 Å². The van der Waals surface area contributed by atoms with Gasteiger partial charge in [-0.05, 0) is 48.7 Å². The summed E-state index contributed by atoms with van der Waals surface area (Å²) in [7, 11) is 0. The van der Waals surface area contributed by atoms with Crippen molar-refractivity contribution in [3.8, 4) is 0 Å². The van der Waals surface area contributed by atoms with Crippen molar-refractivity contribution in [2.45, 2.75) is 38.5 Å². The van der Waals surface area contributed by atoms with Crippen LogP contribution in [0.4, 0.5) is 0 Å². The van der Waals surface area contributed by atoms with E-state index in [0.717, 1.165) is 25.7 Å². The summed E-state index contributed by atoms with van der Waals surface area (Å²) in [6, 6.07) is 10.5. The Bertz CT molecular complexity index is 355. The smallest absolute Gasteiger partial charge is 0.133 e. The lowest BCUT2D eigenvalue weighted by Crippen LogP contribution is -2.14. The van der Waals surface area contributed by atoms with E-state index in [1.807, 2.05) is 17.8 Å². The van der Waals surface area contributed by atoms with Crippen LogP contribution < -0.4 is 0 Å². The molecular formula is C16H22OS. The van der Waals surface area contributed by atoms with Crippen LogP contribution in [0.25, 0.3) is 0 Å². The molecule has 98 valence electrons. The number of aryl methyl sites for hydroxylation is 1. The fourth-order valence-corrected chi connectivity index (χ4v) is 3.71. The van der Waals surface area contributed by atoms with E-state index < -0.39 is 0 Å². The molecule has 1 aliphatic heterocycles. The Balaban J connectivity index is 1.62. The number of hydrogen-bond acceptors (Lipinski definition) is 2. The average molecular weight is 262 g/mol. The second-order valence-electron chi connectivity index (χ2n) is 5.14. The molecule has 0 bridgehead atoms. The van der Waals surface area contributed by atoms with Crippen LogP contribution in [-0.4, -0.2) is 17.3 Å². The van der Waals surface area contributed by atoms with Gasteiger partial charge in [0.05, 0.1) is 0 Å². The number of carbonyl (C=O) groups excluding carboxylic acids is 1. The number of Topliss-reactive ketones (excluding diaryl/α,β-unsaturated/α-hetero) is 1. The maximum absolute atomic E-state index is 11.9. The third kappa shape index (κ3) is 4.85. The van der Waals surface area contributed by atoms with Gasteiger partial charge < -0.3 is 0 Å². The quantitative estimate of drug-likeness (QED) is 0.767. The molecule has 0 N–H and O–H groups in total. The molecule has 0 saturated carbocycles. The van der Waals surface area contributed by atoms with Gasteiger partial charge in [0.1, 0.15) is 5.78 Å². The maximum atomic E-state index is 11.9. The van der Waals surface area contributed by atoms with E-state index >= 15 is 0 Å². The van der Waals surface area contributed by atoms with Gasteiger partial charge in [-0.1, -0.05) is 30.3 Å². The van der Waals surface area contributed by atoms with E-state index in [1.165, 1.54) is 29.9 Å². The number of ketones is 1. The number of rotatable bonds is 6. The minimum Gasteiger partial charge on any atom is -0.300 e. The van der Waals surface area contributed by atoms with Gasteiger partial charge in [0.2, 0.25) is 0 Å². The first-order valence-electron chi connectivity index (χ1n) is 6.98. The van der Waals surface area contributed by atoms with Crippen LogP contribution in [-0.2, 0) is 11.2 Å². The van der Waals surface area contributed by atoms with Gasteiger partial charge in [0.15, 0.2) is 0 Å². The summed E-state index contributed by atoms with van der Waals surface area (Å²) in [5, 5.41) is 0. The van der Waals surface area contributed by atoms with Crippen molar-refractivity contribution in [3.05, 3.63) is 35.9 Å². The van der Waals surface area contributed by atoms with Gasteiger partial charge in [-0.25, -0.2) is 0 Å². The summed E-state index contributed by atoms with van der Waals surface area (Å²) in [5.74, 6) is 3.66. The highest BCUT2D eigenvalue weighted by molar-refractivity contribution is 7.99. The summed E-state index contributed by atoms with van der Waals surface area (Å²) in [5.41, 5.74) is 1.35. The summed E-state index contributed by atoms with van der Waals surface area (Å²) in [4.78, 5) is 11.9. The van der Waals surface area contributed by atoms with Crippen LogP contribution in [0.1, 0.15) is 37.7 Å². The molecule has 2 heteroatoms. The standard InChI is InChI=1S/C16H22OS/c17-16(13-15-9-11-18-12-10-15)8-4-7-14-5-2-1-3-6-14/h1-3,5-6,15H,4,7-13H2. The van der Waals surface area contributed by atoms with Crippen molar-refractivity contribution >= 4 is 17.5 Å². The second kappa shape index (κ2) is 7.63. The van der Waals surface area contributed by atoms with Crippen molar-refractivity contribution in [1.29, 1.82) is 0 Å². The molecule has 1 heterocycles. The molecule has 1 nitrogen and oxygen atoms in total. The Labute approximate surface area is 114 Å². The van der Waals surface area contributed by atoms with E-state index in [2.05, 4.69) is 24.3 Å². The third-order valence-electron chi connectivity index (χ3n) is 3.62. The zero-order valence-electron chi connectivity index (χ0n) is 10.9. The van der Waals surface area contributed by atoms with E-state index in [1.54, 1.807) is 0 Å². The van der Waals surface area contributed by atoms with E-state index in [0.29, 0.717) is 11.7 Å². The Morgan fingerprint density at radius 3 is 2.61 bits per heavy atom. The van der Waals surface area contributed by atoms with E-state index in [-0.39, 0.29) is 0 Å². The predicted octanol–water partition coefficient (Wildman–Crippen LogP) is 4.11. The van der Waals surface area contributed by atoms with Gasteiger partial charge in [-0.3, -0.25) is 4.79 Å². The molecule has 1 saturated heterocycles. The van der Waals surface area contributed by atoms with E-state index in [9.17, 15) is 4.79 Å². The summed E-state index contributed by atoms with van der Waals surface area (Å²) in [6.07, 6.45) is 6.12. The first-order chi connectivity index (χ1) is 8.84. The zero-order chi connectivity index (χ0) is 12.6. The number of thioether (sulfide) groups is 1. The molecule has 0 aliphatic carbocycles. The highest BCUT2D eigenvalue weighted by Crippen LogP contribution is 2.26. The summed E-state index contributed by atoms with van der Waals surface area (Å²) >= 11 is 2.03. The lowest BCUT2D eigenvalue weighted by molar-refractivity contribution is -0.120. The SMILES string of the molecule is O=C(CCCc1ccccc1)CC1CCSCC1. The number of hydrogen-bond donors (Lipinski definition) is 0. The van der Waals surface area contributed by atoms with Crippen molar-refractivity contribution in [3.63, 3.8) is 0 Å². The molecule has 1 aromatic rings. The Morgan fingerprint density at radius 1 is 1.17 bits per heavy atom. The zero-order valence-corrected chi connectivity index (χ0v) is 11.8. The largest absolute Gasteiger partial charge is 0.300 e. The highest BCUT2D eigenvalue weighted by Gasteiger charge is 2.16. The van der Waals surface area contributed by atoms with Crippen molar-refractivity contribution in [1.82, 2.24) is 0 Å². The molecular weight excluding hydrogens is 240 g/mol. The molecule has 0 unspecified atom stereocenters. The van der Waals surface area contributed by atoms with Crippen molar-refractivity contribution in [2.24, 2.45) is 5.92 Å². The van der Waals surface area contributed by atoms with Crippen LogP contribution >= 0.6 is 11.8 Å². The predicted molar refractivity (Wildman–Crippen MR) is 79.1 cm³/mol. The first-order valence-corrected chi connectivity index (χ1v) is 8.13. The average Bonchev–Trinajstić information content (AvgIpc) is 2.41. The monoisotopic (exact) mass is 262 g/mol. The van der Waals surface area contributed by atoms with Gasteiger partial charge in [-0.2, -0.15) is 11.8 Å². The van der Waals surface area contributed by atoms with E-state index in [4.69, 9.17) is 0 Å². The van der Waals surface area contributed by atoms with Crippen LogP contribution in [0.2, 0.25) is 0 Å². The maximum Gasteiger partial charge on any atom is 0.133 e. The van der Waals surface area contributed by atoms with Gasteiger partial charge in [0.25, 0.3) is 0 Å². The number of benzene rings is 1. The Hall–Kier alpha value is -0.760. The molecule has 0 aromatic heterocycles. The van der Waals surface area contributed by atoms with Gasteiger partial charge in [0, 0.05) is 12.8 Å². The number of carbonyl (C=O) groups is 1. The van der Waals surface area contributed by atoms with Gasteiger partial charge >= 0.3 is 0 Å². The molecule has 0 spiro atoms. The Kier molecular flexibility index (Phi) is 5.79. The molecule has 0 atom stereocenters. The van der Waals surface area contributed by atoms with Crippen molar-refractivity contribution < 1.29 is 4.79 Å². The van der Waals surface area contributed by atoms with Crippen molar-refractivity contribution in [2.75, 3.05) is 11.5 Å². The summed E-state index contributed by atoms with van der Waals surface area (Å²) in [6.45, 7) is 0. The van der Waals surface area contributed by atoms with Crippen LogP contribution in [0.5, 0.6) is 0 Å². The molecule has 18 heavy (non-hydrogen) atoms.